The summed E-state index contributed by atoms with van der Waals surface area (Å²) < 4.78 is 5.33. The summed E-state index contributed by atoms with van der Waals surface area (Å²) in [4.78, 5) is 13.3. The molecule has 0 bridgehead atoms. The van der Waals surface area contributed by atoms with Gasteiger partial charge in [-0.15, -0.1) is 6.58 Å². The number of nitrogens with zero attached hydrogens (tertiary/aromatic N) is 1. The summed E-state index contributed by atoms with van der Waals surface area (Å²) in [5.41, 5.74) is 6.18. The van der Waals surface area contributed by atoms with Crippen LogP contribution in [0.4, 0.5) is 5.69 Å². The van der Waals surface area contributed by atoms with Crippen LogP contribution in [-0.4, -0.2) is 42.2 Å². The SMILES string of the molecule is C=CCN(CCO)C(=O)COc1ccc(N)cc1. The molecule has 0 unspecified atom stereocenters. The first-order valence-electron chi connectivity index (χ1n) is 5.65. The standard InChI is InChI=1S/C13H18N2O3/c1-2-7-15(8-9-16)13(17)10-18-12-5-3-11(14)4-6-12/h2-6,16H,1,7-10,14H2. The fraction of sp³-hybridized carbons (Fsp3) is 0.308. The number of ether oxygens (including phenoxy) is 1. The van der Waals surface area contributed by atoms with E-state index in [2.05, 4.69) is 6.58 Å². The van der Waals surface area contributed by atoms with Crippen LogP contribution in [0.3, 0.4) is 0 Å². The molecule has 0 radical (unpaired) electrons. The number of rotatable bonds is 7. The van der Waals surface area contributed by atoms with Crippen LogP contribution in [-0.2, 0) is 4.79 Å². The fourth-order valence-electron chi connectivity index (χ4n) is 1.39. The molecule has 0 fully saturated rings. The Morgan fingerprint density at radius 3 is 2.67 bits per heavy atom. The summed E-state index contributed by atoms with van der Waals surface area (Å²) in [5.74, 6) is 0.390. The summed E-state index contributed by atoms with van der Waals surface area (Å²) in [6, 6.07) is 6.81. The number of amides is 1. The van der Waals surface area contributed by atoms with Crippen molar-refractivity contribution in [2.24, 2.45) is 0 Å². The Balaban J connectivity index is 2.47. The van der Waals surface area contributed by atoms with E-state index >= 15 is 0 Å². The number of carbonyl (C=O) groups excluding carboxylic acids is 1. The summed E-state index contributed by atoms with van der Waals surface area (Å²) in [7, 11) is 0. The molecule has 1 aromatic rings. The average molecular weight is 250 g/mol. The maximum atomic E-state index is 11.8. The number of nitrogens with two attached hydrogens (primary N) is 1. The van der Waals surface area contributed by atoms with Gasteiger partial charge >= 0.3 is 0 Å². The molecule has 1 amide bonds. The highest BCUT2D eigenvalue weighted by molar-refractivity contribution is 5.78. The third-order valence-corrected chi connectivity index (χ3v) is 2.31. The van der Waals surface area contributed by atoms with Gasteiger partial charge in [0, 0.05) is 18.8 Å². The van der Waals surface area contributed by atoms with Gasteiger partial charge in [-0.05, 0) is 24.3 Å². The Morgan fingerprint density at radius 2 is 2.11 bits per heavy atom. The van der Waals surface area contributed by atoms with Crippen molar-refractivity contribution in [1.29, 1.82) is 0 Å². The molecule has 0 aromatic heterocycles. The molecular weight excluding hydrogens is 232 g/mol. The Kier molecular flexibility index (Phi) is 5.73. The number of benzene rings is 1. The van der Waals surface area contributed by atoms with Gasteiger partial charge in [0.2, 0.25) is 0 Å². The van der Waals surface area contributed by atoms with Crippen molar-refractivity contribution in [3.8, 4) is 5.75 Å². The van der Waals surface area contributed by atoms with Crippen LogP contribution in [0.5, 0.6) is 5.75 Å². The monoisotopic (exact) mass is 250 g/mol. The lowest BCUT2D eigenvalue weighted by molar-refractivity contribution is -0.133. The predicted molar refractivity (Wildman–Crippen MR) is 70.2 cm³/mol. The van der Waals surface area contributed by atoms with E-state index in [1.807, 2.05) is 0 Å². The van der Waals surface area contributed by atoms with E-state index in [0.29, 0.717) is 18.0 Å². The number of hydrogen-bond acceptors (Lipinski definition) is 4. The number of aliphatic hydroxyl groups is 1. The fourth-order valence-corrected chi connectivity index (χ4v) is 1.39. The van der Waals surface area contributed by atoms with E-state index in [1.54, 1.807) is 30.3 Å². The van der Waals surface area contributed by atoms with Gasteiger partial charge in [-0.1, -0.05) is 6.08 Å². The topological polar surface area (TPSA) is 75.8 Å². The Labute approximate surface area is 106 Å². The van der Waals surface area contributed by atoms with Gasteiger partial charge in [-0.2, -0.15) is 0 Å². The average Bonchev–Trinajstić information content (AvgIpc) is 2.37. The van der Waals surface area contributed by atoms with Crippen LogP contribution in [0.2, 0.25) is 0 Å². The van der Waals surface area contributed by atoms with E-state index in [9.17, 15) is 4.79 Å². The maximum Gasteiger partial charge on any atom is 0.260 e. The van der Waals surface area contributed by atoms with Crippen molar-refractivity contribution in [2.75, 3.05) is 32.0 Å². The lowest BCUT2D eigenvalue weighted by Crippen LogP contribution is -2.37. The van der Waals surface area contributed by atoms with Crippen LogP contribution >= 0.6 is 0 Å². The molecule has 0 aliphatic rings. The second-order valence-corrected chi connectivity index (χ2v) is 3.71. The van der Waals surface area contributed by atoms with Gasteiger partial charge in [-0.25, -0.2) is 0 Å². The molecule has 5 heteroatoms. The Morgan fingerprint density at radius 1 is 1.44 bits per heavy atom. The molecular formula is C13H18N2O3. The molecule has 0 aliphatic carbocycles. The van der Waals surface area contributed by atoms with Crippen molar-refractivity contribution in [3.05, 3.63) is 36.9 Å². The van der Waals surface area contributed by atoms with Gasteiger partial charge in [0.15, 0.2) is 6.61 Å². The van der Waals surface area contributed by atoms with Gasteiger partial charge in [-0.3, -0.25) is 4.79 Å². The van der Waals surface area contributed by atoms with Crippen molar-refractivity contribution >= 4 is 11.6 Å². The van der Waals surface area contributed by atoms with Crippen molar-refractivity contribution in [2.45, 2.75) is 0 Å². The van der Waals surface area contributed by atoms with E-state index in [4.69, 9.17) is 15.6 Å². The maximum absolute atomic E-state index is 11.8. The number of nitrogen functional groups attached to an aromatic ring is 1. The highest BCUT2D eigenvalue weighted by Gasteiger charge is 2.11. The van der Waals surface area contributed by atoms with Crippen molar-refractivity contribution in [1.82, 2.24) is 4.90 Å². The summed E-state index contributed by atoms with van der Waals surface area (Å²) in [6.45, 7) is 4.08. The van der Waals surface area contributed by atoms with Gasteiger partial charge in [0.25, 0.3) is 5.91 Å². The minimum Gasteiger partial charge on any atom is -0.484 e. The second kappa shape index (κ2) is 7.34. The third-order valence-electron chi connectivity index (χ3n) is 2.31. The molecule has 5 nitrogen and oxygen atoms in total. The Bertz CT molecular complexity index is 390. The van der Waals surface area contributed by atoms with E-state index in [1.165, 1.54) is 4.90 Å². The van der Waals surface area contributed by atoms with Crippen molar-refractivity contribution < 1.29 is 14.6 Å². The zero-order chi connectivity index (χ0) is 13.4. The highest BCUT2D eigenvalue weighted by atomic mass is 16.5. The van der Waals surface area contributed by atoms with Crippen LogP contribution in [0, 0.1) is 0 Å². The van der Waals surface area contributed by atoms with Crippen LogP contribution < -0.4 is 10.5 Å². The summed E-state index contributed by atoms with van der Waals surface area (Å²) in [6.07, 6.45) is 1.61. The zero-order valence-electron chi connectivity index (χ0n) is 10.2. The lowest BCUT2D eigenvalue weighted by atomic mass is 10.3. The molecule has 98 valence electrons. The molecule has 0 atom stereocenters. The zero-order valence-corrected chi connectivity index (χ0v) is 10.2. The first kappa shape index (κ1) is 14.1. The predicted octanol–water partition coefficient (Wildman–Crippen LogP) is 0.654. The van der Waals surface area contributed by atoms with Gasteiger partial charge in [0.1, 0.15) is 5.75 Å². The molecule has 0 saturated carbocycles. The van der Waals surface area contributed by atoms with E-state index < -0.39 is 0 Å². The quantitative estimate of drug-likeness (QED) is 0.550. The third kappa shape index (κ3) is 4.47. The van der Waals surface area contributed by atoms with E-state index in [0.717, 1.165) is 0 Å². The van der Waals surface area contributed by atoms with Crippen LogP contribution in [0.25, 0.3) is 0 Å². The number of aliphatic hydroxyl groups excluding tert-OH is 1. The van der Waals surface area contributed by atoms with Crippen LogP contribution in [0.15, 0.2) is 36.9 Å². The van der Waals surface area contributed by atoms with Crippen molar-refractivity contribution in [3.63, 3.8) is 0 Å². The molecule has 0 spiro atoms. The Hall–Kier alpha value is -2.01. The second-order valence-electron chi connectivity index (χ2n) is 3.71. The largest absolute Gasteiger partial charge is 0.484 e. The first-order chi connectivity index (χ1) is 8.67. The molecule has 3 N–H and O–H groups in total. The van der Waals surface area contributed by atoms with E-state index in [-0.39, 0.29) is 25.7 Å². The number of carbonyl (C=O) groups is 1. The highest BCUT2D eigenvalue weighted by Crippen LogP contribution is 2.13. The number of hydrogen-bond donors (Lipinski definition) is 2. The minimum atomic E-state index is -0.194. The number of anilines is 1. The van der Waals surface area contributed by atoms with Gasteiger partial charge in [0.05, 0.1) is 6.61 Å². The normalized spacial score (nSPS) is 9.83. The first-order valence-corrected chi connectivity index (χ1v) is 5.65. The molecule has 1 aromatic carbocycles. The van der Waals surface area contributed by atoms with Crippen LogP contribution in [0.1, 0.15) is 0 Å². The molecule has 18 heavy (non-hydrogen) atoms. The molecule has 0 aliphatic heterocycles. The molecule has 0 heterocycles. The smallest absolute Gasteiger partial charge is 0.260 e. The summed E-state index contributed by atoms with van der Waals surface area (Å²) in [5, 5.41) is 8.85. The van der Waals surface area contributed by atoms with Gasteiger partial charge < -0.3 is 20.5 Å². The molecule has 1 rings (SSSR count). The summed E-state index contributed by atoms with van der Waals surface area (Å²) >= 11 is 0. The molecule has 0 saturated heterocycles. The lowest BCUT2D eigenvalue weighted by Gasteiger charge is -2.20. The minimum absolute atomic E-state index is 0.0717.